The van der Waals surface area contributed by atoms with Crippen LogP contribution in [0.2, 0.25) is 0 Å². The van der Waals surface area contributed by atoms with Gasteiger partial charge in [-0.15, -0.1) is 0 Å². The fourth-order valence-electron chi connectivity index (χ4n) is 3.88. The van der Waals surface area contributed by atoms with Gasteiger partial charge < -0.3 is 0 Å². The minimum Gasteiger partial charge on any atom is -0.298 e. The molecule has 0 unspecified atom stereocenters. The van der Waals surface area contributed by atoms with Crippen LogP contribution in [0.1, 0.15) is 32.3 Å². The number of hydrogen-bond acceptors (Lipinski definition) is 2. The molecule has 0 radical (unpaired) electrons. The highest BCUT2D eigenvalue weighted by atomic mass is 19.1. The van der Waals surface area contributed by atoms with E-state index in [1.807, 2.05) is 12.1 Å². The number of benzene rings is 1. The van der Waals surface area contributed by atoms with Crippen molar-refractivity contribution in [2.75, 3.05) is 19.6 Å². The lowest BCUT2D eigenvalue weighted by Gasteiger charge is -2.26. The van der Waals surface area contributed by atoms with E-state index in [0.29, 0.717) is 6.04 Å². The van der Waals surface area contributed by atoms with Crippen molar-refractivity contribution in [3.63, 3.8) is 0 Å². The molecule has 3 heteroatoms. The van der Waals surface area contributed by atoms with Crippen molar-refractivity contribution in [2.24, 2.45) is 5.92 Å². The molecule has 2 nitrogen and oxygen atoms in total. The lowest BCUT2D eigenvalue weighted by Crippen LogP contribution is -2.37. The van der Waals surface area contributed by atoms with Gasteiger partial charge in [-0.2, -0.15) is 0 Å². The van der Waals surface area contributed by atoms with E-state index < -0.39 is 0 Å². The molecule has 0 N–H and O–H groups in total. The molecule has 0 aliphatic carbocycles. The molecule has 0 bridgehead atoms. The highest BCUT2D eigenvalue weighted by Crippen LogP contribution is 2.33. The molecule has 0 saturated carbocycles. The van der Waals surface area contributed by atoms with E-state index in [9.17, 15) is 4.39 Å². The lowest BCUT2D eigenvalue weighted by molar-refractivity contribution is 0.203. The number of rotatable bonds is 4. The highest BCUT2D eigenvalue weighted by Gasteiger charge is 2.41. The summed E-state index contributed by atoms with van der Waals surface area (Å²) in [4.78, 5) is 5.28. The molecule has 20 heavy (non-hydrogen) atoms. The van der Waals surface area contributed by atoms with Crippen LogP contribution in [-0.4, -0.2) is 41.5 Å². The molecular weight excluding hydrogens is 251 g/mol. The van der Waals surface area contributed by atoms with Crippen molar-refractivity contribution in [1.29, 1.82) is 0 Å². The van der Waals surface area contributed by atoms with Crippen molar-refractivity contribution < 1.29 is 4.39 Å². The van der Waals surface area contributed by atoms with Crippen molar-refractivity contribution >= 4 is 0 Å². The largest absolute Gasteiger partial charge is 0.298 e. The monoisotopic (exact) mass is 276 g/mol. The molecule has 0 aromatic heterocycles. The van der Waals surface area contributed by atoms with E-state index in [0.717, 1.165) is 18.5 Å². The van der Waals surface area contributed by atoms with E-state index >= 15 is 0 Å². The molecule has 2 atom stereocenters. The molecule has 1 aromatic rings. The zero-order valence-corrected chi connectivity index (χ0v) is 12.6. The predicted octanol–water partition coefficient (Wildman–Crippen LogP) is 3.13. The third kappa shape index (κ3) is 2.89. The van der Waals surface area contributed by atoms with Gasteiger partial charge in [-0.1, -0.05) is 26.0 Å². The smallest absolute Gasteiger partial charge is 0.123 e. The molecule has 1 aromatic carbocycles. The first-order valence-electron chi connectivity index (χ1n) is 7.86. The van der Waals surface area contributed by atoms with Crippen LogP contribution in [0, 0.1) is 11.7 Å². The van der Waals surface area contributed by atoms with Gasteiger partial charge in [0, 0.05) is 38.3 Å². The molecular formula is C17H25FN2. The van der Waals surface area contributed by atoms with Gasteiger partial charge in [0.1, 0.15) is 5.82 Å². The normalized spacial score (nSPS) is 27.4. The van der Waals surface area contributed by atoms with Gasteiger partial charge in [-0.05, 0) is 36.5 Å². The van der Waals surface area contributed by atoms with Gasteiger partial charge in [0.25, 0.3) is 0 Å². The summed E-state index contributed by atoms with van der Waals surface area (Å²) in [6.45, 7) is 9.23. The second-order valence-corrected chi connectivity index (χ2v) is 6.70. The van der Waals surface area contributed by atoms with E-state index in [1.165, 1.54) is 38.0 Å². The van der Waals surface area contributed by atoms with Gasteiger partial charge in [0.05, 0.1) is 0 Å². The van der Waals surface area contributed by atoms with Crippen molar-refractivity contribution in [2.45, 2.75) is 45.3 Å². The van der Waals surface area contributed by atoms with E-state index in [1.54, 1.807) is 12.1 Å². The Hall–Kier alpha value is -0.930. The predicted molar refractivity (Wildman–Crippen MR) is 80.0 cm³/mol. The lowest BCUT2D eigenvalue weighted by atomic mass is 10.1. The quantitative estimate of drug-likeness (QED) is 0.833. The van der Waals surface area contributed by atoms with Gasteiger partial charge in [0.2, 0.25) is 0 Å². The molecule has 0 amide bonds. The second-order valence-electron chi connectivity index (χ2n) is 6.70. The minimum atomic E-state index is -0.142. The maximum Gasteiger partial charge on any atom is 0.123 e. The highest BCUT2D eigenvalue weighted by molar-refractivity contribution is 5.16. The molecule has 2 fully saturated rings. The summed E-state index contributed by atoms with van der Waals surface area (Å²) in [6.07, 6.45) is 2.58. The molecule has 2 aliphatic rings. The minimum absolute atomic E-state index is 0.142. The Morgan fingerprint density at radius 1 is 1.05 bits per heavy atom. The maximum absolute atomic E-state index is 13.0. The zero-order valence-electron chi connectivity index (χ0n) is 12.6. The Kier molecular flexibility index (Phi) is 4.08. The van der Waals surface area contributed by atoms with Crippen molar-refractivity contribution in [3.8, 4) is 0 Å². The fraction of sp³-hybridized carbons (Fsp3) is 0.647. The Morgan fingerprint density at radius 2 is 1.65 bits per heavy atom. The standard InChI is InChI=1S/C17H25FN2/c1-13(2)11-19-9-7-17-16(19)8-10-20(17)12-14-3-5-15(18)6-4-14/h3-6,13,16-17H,7-12H2,1-2H3/t16-,17+/m0/s1. The summed E-state index contributed by atoms with van der Waals surface area (Å²) in [5, 5.41) is 0. The van der Waals surface area contributed by atoms with Gasteiger partial charge in [-0.3, -0.25) is 9.80 Å². The maximum atomic E-state index is 13.0. The van der Waals surface area contributed by atoms with Crippen LogP contribution in [0.4, 0.5) is 4.39 Å². The van der Waals surface area contributed by atoms with Crippen molar-refractivity contribution in [3.05, 3.63) is 35.6 Å². The fourth-order valence-corrected chi connectivity index (χ4v) is 3.88. The Labute approximate surface area is 121 Å². The second kappa shape index (κ2) is 5.82. The zero-order chi connectivity index (χ0) is 14.1. The summed E-state index contributed by atoms with van der Waals surface area (Å²) in [7, 11) is 0. The first-order chi connectivity index (χ1) is 9.63. The number of hydrogen-bond donors (Lipinski definition) is 0. The SMILES string of the molecule is CC(C)CN1CC[C@@H]2[C@@H]1CCN2Cc1ccc(F)cc1. The van der Waals surface area contributed by atoms with Crippen LogP contribution < -0.4 is 0 Å². The summed E-state index contributed by atoms with van der Waals surface area (Å²) in [6, 6.07) is 8.44. The molecule has 0 spiro atoms. The van der Waals surface area contributed by atoms with E-state index in [4.69, 9.17) is 0 Å². The Balaban J connectivity index is 1.62. The summed E-state index contributed by atoms with van der Waals surface area (Å²) in [5.74, 6) is 0.608. The van der Waals surface area contributed by atoms with Gasteiger partial charge in [-0.25, -0.2) is 4.39 Å². The van der Waals surface area contributed by atoms with Crippen LogP contribution >= 0.6 is 0 Å². The average molecular weight is 276 g/mol. The molecule has 2 heterocycles. The number of nitrogens with zero attached hydrogens (tertiary/aromatic N) is 2. The third-order valence-corrected chi connectivity index (χ3v) is 4.70. The van der Waals surface area contributed by atoms with E-state index in [2.05, 4.69) is 23.6 Å². The van der Waals surface area contributed by atoms with Crippen LogP contribution in [0.3, 0.4) is 0 Å². The van der Waals surface area contributed by atoms with Crippen LogP contribution in [-0.2, 0) is 6.54 Å². The van der Waals surface area contributed by atoms with Crippen molar-refractivity contribution in [1.82, 2.24) is 9.80 Å². The average Bonchev–Trinajstić information content (AvgIpc) is 2.96. The van der Waals surface area contributed by atoms with Crippen LogP contribution in [0.15, 0.2) is 24.3 Å². The molecule has 3 rings (SSSR count). The number of halogens is 1. The first kappa shape index (κ1) is 14.0. The van der Waals surface area contributed by atoms with Crippen LogP contribution in [0.5, 0.6) is 0 Å². The number of fused-ring (bicyclic) bond motifs is 1. The van der Waals surface area contributed by atoms with Gasteiger partial charge >= 0.3 is 0 Å². The molecule has 2 saturated heterocycles. The Morgan fingerprint density at radius 3 is 2.30 bits per heavy atom. The topological polar surface area (TPSA) is 6.48 Å². The molecule has 2 aliphatic heterocycles. The van der Waals surface area contributed by atoms with Gasteiger partial charge in [0.15, 0.2) is 0 Å². The van der Waals surface area contributed by atoms with E-state index in [-0.39, 0.29) is 5.82 Å². The summed E-state index contributed by atoms with van der Waals surface area (Å²) < 4.78 is 13.0. The Bertz CT molecular complexity index is 443. The summed E-state index contributed by atoms with van der Waals surface area (Å²) >= 11 is 0. The first-order valence-corrected chi connectivity index (χ1v) is 7.86. The number of likely N-dealkylation sites (tertiary alicyclic amines) is 2. The third-order valence-electron chi connectivity index (χ3n) is 4.70. The van der Waals surface area contributed by atoms with Crippen LogP contribution in [0.25, 0.3) is 0 Å². The molecule has 110 valence electrons. The summed E-state index contributed by atoms with van der Waals surface area (Å²) in [5.41, 5.74) is 1.23.